The van der Waals surface area contributed by atoms with Gasteiger partial charge in [-0.1, -0.05) is 41.0 Å². The summed E-state index contributed by atoms with van der Waals surface area (Å²) >= 11 is 1.81. The van der Waals surface area contributed by atoms with Gasteiger partial charge in [-0.25, -0.2) is 0 Å². The summed E-state index contributed by atoms with van der Waals surface area (Å²) in [5.41, 5.74) is 0.182. The molecule has 1 heterocycles. The first-order valence-corrected chi connectivity index (χ1v) is 8.01. The van der Waals surface area contributed by atoms with Gasteiger partial charge in [0.15, 0.2) is 0 Å². The van der Waals surface area contributed by atoms with E-state index in [4.69, 9.17) is 4.74 Å². The molecule has 0 bridgehead atoms. The molecule has 0 aliphatic rings. The van der Waals surface area contributed by atoms with E-state index in [0.717, 1.165) is 6.42 Å². The van der Waals surface area contributed by atoms with Gasteiger partial charge < -0.3 is 4.74 Å². The summed E-state index contributed by atoms with van der Waals surface area (Å²) in [6, 6.07) is 4.09. The predicted octanol–water partition coefficient (Wildman–Crippen LogP) is 3.72. The van der Waals surface area contributed by atoms with Crippen LogP contribution < -0.4 is 5.32 Å². The van der Waals surface area contributed by atoms with Gasteiger partial charge in [0.2, 0.25) is 0 Å². The van der Waals surface area contributed by atoms with Crippen molar-refractivity contribution >= 4 is 17.3 Å². The molecule has 1 N–H and O–H groups in total. The summed E-state index contributed by atoms with van der Waals surface area (Å²) in [6.07, 6.45) is 0.949. The molecule has 0 fully saturated rings. The minimum absolute atomic E-state index is 0.174. The minimum Gasteiger partial charge on any atom is -0.468 e. The van der Waals surface area contributed by atoms with Crippen LogP contribution in [0.1, 0.15) is 50.8 Å². The molecule has 2 unspecified atom stereocenters. The van der Waals surface area contributed by atoms with Gasteiger partial charge in [0.05, 0.1) is 7.11 Å². The number of methoxy groups -OCH3 is 1. The van der Waals surface area contributed by atoms with Crippen LogP contribution in [0.3, 0.4) is 0 Å². The molecule has 0 spiro atoms. The van der Waals surface area contributed by atoms with Gasteiger partial charge in [0.25, 0.3) is 0 Å². The Morgan fingerprint density at radius 1 is 1.40 bits per heavy atom. The third kappa shape index (κ3) is 4.60. The van der Waals surface area contributed by atoms with E-state index in [0.29, 0.717) is 6.54 Å². The van der Waals surface area contributed by atoms with Crippen molar-refractivity contribution in [2.24, 2.45) is 5.92 Å². The van der Waals surface area contributed by atoms with Gasteiger partial charge >= 0.3 is 5.97 Å². The fraction of sp³-hybridized carbons (Fsp3) is 0.688. The normalized spacial score (nSPS) is 14.9. The van der Waals surface area contributed by atoms with Crippen molar-refractivity contribution in [3.63, 3.8) is 0 Å². The Bertz CT molecular complexity index is 434. The van der Waals surface area contributed by atoms with E-state index >= 15 is 0 Å². The van der Waals surface area contributed by atoms with Crippen LogP contribution in [0.5, 0.6) is 0 Å². The largest absolute Gasteiger partial charge is 0.468 e. The highest BCUT2D eigenvalue weighted by Gasteiger charge is 2.24. The van der Waals surface area contributed by atoms with Crippen molar-refractivity contribution in [3.8, 4) is 0 Å². The quantitative estimate of drug-likeness (QED) is 0.813. The van der Waals surface area contributed by atoms with Crippen molar-refractivity contribution in [2.45, 2.75) is 59.0 Å². The first-order chi connectivity index (χ1) is 9.29. The fourth-order valence-corrected chi connectivity index (χ4v) is 2.98. The van der Waals surface area contributed by atoms with Crippen LogP contribution in [0, 0.1) is 5.92 Å². The maximum atomic E-state index is 11.8. The van der Waals surface area contributed by atoms with Crippen LogP contribution in [0.15, 0.2) is 12.1 Å². The molecule has 1 rings (SSSR count). The average molecular weight is 297 g/mol. The Kier molecular flexibility index (Phi) is 6.21. The SMILES string of the molecule is CCC(C)C(NCc1ccc(C(C)(C)C)s1)C(=O)OC. The smallest absolute Gasteiger partial charge is 0.323 e. The third-order valence-electron chi connectivity index (χ3n) is 3.57. The van der Waals surface area contributed by atoms with Crippen LogP contribution in [-0.4, -0.2) is 19.1 Å². The molecular weight excluding hydrogens is 270 g/mol. The standard InChI is InChI=1S/C16H27NO2S/c1-7-11(2)14(15(18)19-6)17-10-12-8-9-13(20-12)16(3,4)5/h8-9,11,14,17H,7,10H2,1-6H3. The maximum Gasteiger partial charge on any atom is 0.323 e. The second kappa shape index (κ2) is 7.23. The van der Waals surface area contributed by atoms with E-state index in [1.54, 1.807) is 11.3 Å². The molecule has 1 aromatic rings. The van der Waals surface area contributed by atoms with Gasteiger partial charge in [-0.3, -0.25) is 10.1 Å². The molecule has 0 saturated carbocycles. The Hall–Kier alpha value is -0.870. The van der Waals surface area contributed by atoms with Crippen LogP contribution in [0.2, 0.25) is 0 Å². The van der Waals surface area contributed by atoms with E-state index < -0.39 is 0 Å². The van der Waals surface area contributed by atoms with Crippen molar-refractivity contribution < 1.29 is 9.53 Å². The van der Waals surface area contributed by atoms with E-state index in [2.05, 4.69) is 52.1 Å². The number of hydrogen-bond acceptors (Lipinski definition) is 4. The van der Waals surface area contributed by atoms with Crippen molar-refractivity contribution in [1.29, 1.82) is 0 Å². The molecule has 4 heteroatoms. The molecule has 0 amide bonds. The Morgan fingerprint density at radius 2 is 2.05 bits per heavy atom. The number of hydrogen-bond donors (Lipinski definition) is 1. The maximum absolute atomic E-state index is 11.8. The molecular formula is C16H27NO2S. The number of thiophene rings is 1. The highest BCUT2D eigenvalue weighted by Crippen LogP contribution is 2.29. The average Bonchev–Trinajstić information content (AvgIpc) is 2.86. The van der Waals surface area contributed by atoms with Crippen LogP contribution >= 0.6 is 11.3 Å². The monoisotopic (exact) mass is 297 g/mol. The van der Waals surface area contributed by atoms with Crippen LogP contribution in [0.4, 0.5) is 0 Å². The van der Waals surface area contributed by atoms with Gasteiger partial charge in [-0.2, -0.15) is 0 Å². The van der Waals surface area contributed by atoms with E-state index in [9.17, 15) is 4.79 Å². The Balaban J connectivity index is 2.68. The second-order valence-corrected chi connectivity index (χ2v) is 7.45. The first kappa shape index (κ1) is 17.2. The Morgan fingerprint density at radius 3 is 2.50 bits per heavy atom. The molecule has 1 aromatic heterocycles. The van der Waals surface area contributed by atoms with Gasteiger partial charge in [-0.15, -0.1) is 11.3 Å². The third-order valence-corrected chi connectivity index (χ3v) is 5.08. The second-order valence-electron chi connectivity index (χ2n) is 6.28. The number of carbonyl (C=O) groups excluding carboxylic acids is 1. The number of rotatable bonds is 6. The molecule has 114 valence electrons. The fourth-order valence-electron chi connectivity index (χ4n) is 1.97. The number of ether oxygens (including phenoxy) is 1. The summed E-state index contributed by atoms with van der Waals surface area (Å²) in [6.45, 7) is 11.5. The molecule has 0 saturated heterocycles. The number of nitrogens with one attached hydrogen (secondary N) is 1. The minimum atomic E-state index is -0.231. The predicted molar refractivity (Wildman–Crippen MR) is 85.1 cm³/mol. The molecule has 2 atom stereocenters. The lowest BCUT2D eigenvalue weighted by Gasteiger charge is -2.21. The Labute approximate surface area is 126 Å². The van der Waals surface area contributed by atoms with Gasteiger partial charge in [0, 0.05) is 16.3 Å². The lowest BCUT2D eigenvalue weighted by Crippen LogP contribution is -2.42. The van der Waals surface area contributed by atoms with Crippen LogP contribution in [-0.2, 0) is 21.5 Å². The summed E-state index contributed by atoms with van der Waals surface area (Å²) in [4.78, 5) is 14.4. The zero-order valence-corrected chi connectivity index (χ0v) is 14.3. The molecule has 3 nitrogen and oxygen atoms in total. The first-order valence-electron chi connectivity index (χ1n) is 7.20. The highest BCUT2D eigenvalue weighted by atomic mass is 32.1. The number of carbonyl (C=O) groups is 1. The zero-order chi connectivity index (χ0) is 15.3. The number of esters is 1. The molecule has 0 radical (unpaired) electrons. The van der Waals surface area contributed by atoms with Gasteiger partial charge in [0.1, 0.15) is 6.04 Å². The zero-order valence-electron chi connectivity index (χ0n) is 13.4. The van der Waals surface area contributed by atoms with E-state index in [1.807, 2.05) is 0 Å². The molecule has 0 aliphatic carbocycles. The van der Waals surface area contributed by atoms with Crippen molar-refractivity contribution in [3.05, 3.63) is 21.9 Å². The summed E-state index contributed by atoms with van der Waals surface area (Å²) in [5, 5.41) is 3.34. The summed E-state index contributed by atoms with van der Waals surface area (Å²) in [5.74, 6) is 0.0939. The van der Waals surface area contributed by atoms with Crippen molar-refractivity contribution in [1.82, 2.24) is 5.32 Å². The summed E-state index contributed by atoms with van der Waals surface area (Å²) in [7, 11) is 1.45. The van der Waals surface area contributed by atoms with E-state index in [1.165, 1.54) is 16.9 Å². The lowest BCUT2D eigenvalue weighted by atomic mass is 9.95. The van der Waals surface area contributed by atoms with Crippen molar-refractivity contribution in [2.75, 3.05) is 7.11 Å². The molecule has 20 heavy (non-hydrogen) atoms. The lowest BCUT2D eigenvalue weighted by molar-refractivity contribution is -0.144. The molecule has 0 aromatic carbocycles. The van der Waals surface area contributed by atoms with E-state index in [-0.39, 0.29) is 23.3 Å². The summed E-state index contributed by atoms with van der Waals surface area (Å²) < 4.78 is 4.89. The van der Waals surface area contributed by atoms with Crippen LogP contribution in [0.25, 0.3) is 0 Å². The topological polar surface area (TPSA) is 38.3 Å². The molecule has 0 aliphatic heterocycles. The van der Waals surface area contributed by atoms with Gasteiger partial charge in [-0.05, 0) is 23.5 Å². The highest BCUT2D eigenvalue weighted by molar-refractivity contribution is 7.12.